The first-order valence-electron chi connectivity index (χ1n) is 11.7. The van der Waals surface area contributed by atoms with Crippen molar-refractivity contribution in [2.24, 2.45) is 0 Å². The van der Waals surface area contributed by atoms with E-state index < -0.39 is 0 Å². The monoisotopic (exact) mass is 385 g/mol. The summed E-state index contributed by atoms with van der Waals surface area (Å²) < 4.78 is 5.48. The van der Waals surface area contributed by atoms with E-state index in [9.17, 15) is 4.79 Å². The minimum atomic E-state index is -0.0894. The molecule has 4 nitrogen and oxygen atoms in total. The molecule has 0 bridgehead atoms. The Labute approximate surface area is 168 Å². The van der Waals surface area contributed by atoms with Crippen molar-refractivity contribution in [1.29, 1.82) is 0 Å². The van der Waals surface area contributed by atoms with Gasteiger partial charge in [0.1, 0.15) is 0 Å². The van der Waals surface area contributed by atoms with E-state index in [1.807, 2.05) is 6.92 Å². The van der Waals surface area contributed by atoms with Crippen LogP contribution in [0.3, 0.4) is 0 Å². The van der Waals surface area contributed by atoms with Gasteiger partial charge in [0.05, 0.1) is 12.5 Å². The van der Waals surface area contributed by atoms with Crippen LogP contribution in [0, 0.1) is 0 Å². The summed E-state index contributed by atoms with van der Waals surface area (Å²) >= 11 is 0. The van der Waals surface area contributed by atoms with Crippen molar-refractivity contribution < 1.29 is 14.6 Å². The Balaban J connectivity index is 3.30. The SMILES string of the molecule is CCCCCCCCCCCCCC(C)OC(=O)CCNCCCCCO. The first-order valence-corrected chi connectivity index (χ1v) is 11.7. The zero-order chi connectivity index (χ0) is 20.0. The first-order chi connectivity index (χ1) is 13.2. The number of esters is 1. The lowest BCUT2D eigenvalue weighted by molar-refractivity contribution is -0.148. The lowest BCUT2D eigenvalue weighted by Crippen LogP contribution is -2.22. The fraction of sp³-hybridized carbons (Fsp3) is 0.957. The predicted molar refractivity (Wildman–Crippen MR) is 115 cm³/mol. The van der Waals surface area contributed by atoms with E-state index in [4.69, 9.17) is 9.84 Å². The number of aliphatic hydroxyl groups is 1. The van der Waals surface area contributed by atoms with Gasteiger partial charge in [0.25, 0.3) is 0 Å². The smallest absolute Gasteiger partial charge is 0.307 e. The summed E-state index contributed by atoms with van der Waals surface area (Å²) in [7, 11) is 0. The van der Waals surface area contributed by atoms with Crippen LogP contribution >= 0.6 is 0 Å². The van der Waals surface area contributed by atoms with E-state index in [2.05, 4.69) is 12.2 Å². The zero-order valence-corrected chi connectivity index (χ0v) is 18.3. The molecule has 0 aromatic rings. The van der Waals surface area contributed by atoms with Crippen molar-refractivity contribution in [3.05, 3.63) is 0 Å². The molecule has 1 atom stereocenters. The summed E-state index contributed by atoms with van der Waals surface area (Å²) in [6, 6.07) is 0. The Morgan fingerprint density at radius 2 is 1.37 bits per heavy atom. The van der Waals surface area contributed by atoms with E-state index in [0.717, 1.165) is 38.6 Å². The van der Waals surface area contributed by atoms with Crippen molar-refractivity contribution in [3.63, 3.8) is 0 Å². The molecule has 0 fully saturated rings. The second-order valence-electron chi connectivity index (χ2n) is 7.91. The van der Waals surface area contributed by atoms with Gasteiger partial charge in [0, 0.05) is 13.2 Å². The second kappa shape index (κ2) is 21.7. The van der Waals surface area contributed by atoms with Crippen molar-refractivity contribution in [1.82, 2.24) is 5.32 Å². The number of carbonyl (C=O) groups excluding carboxylic acids is 1. The minimum absolute atomic E-state index is 0.0422. The van der Waals surface area contributed by atoms with Gasteiger partial charge < -0.3 is 15.2 Å². The number of aliphatic hydroxyl groups excluding tert-OH is 1. The fourth-order valence-corrected chi connectivity index (χ4v) is 3.29. The quantitative estimate of drug-likeness (QED) is 0.195. The van der Waals surface area contributed by atoms with E-state index >= 15 is 0 Å². The van der Waals surface area contributed by atoms with Crippen LogP contribution in [0.1, 0.15) is 117 Å². The lowest BCUT2D eigenvalue weighted by Gasteiger charge is -2.13. The van der Waals surface area contributed by atoms with Crippen molar-refractivity contribution in [2.45, 2.75) is 123 Å². The molecule has 0 saturated carbocycles. The first kappa shape index (κ1) is 26.4. The maximum atomic E-state index is 11.8. The molecule has 162 valence electrons. The molecule has 0 aromatic heterocycles. The summed E-state index contributed by atoms with van der Waals surface area (Å²) in [5.74, 6) is -0.0894. The van der Waals surface area contributed by atoms with Gasteiger partial charge in [0.15, 0.2) is 0 Å². The van der Waals surface area contributed by atoms with Gasteiger partial charge in [-0.05, 0) is 45.6 Å². The third kappa shape index (κ3) is 21.5. The normalized spacial score (nSPS) is 12.3. The van der Waals surface area contributed by atoms with Gasteiger partial charge >= 0.3 is 5.97 Å². The zero-order valence-electron chi connectivity index (χ0n) is 18.3. The van der Waals surface area contributed by atoms with Gasteiger partial charge in [-0.3, -0.25) is 4.79 Å². The van der Waals surface area contributed by atoms with Gasteiger partial charge in [-0.25, -0.2) is 0 Å². The highest BCUT2D eigenvalue weighted by Gasteiger charge is 2.08. The number of hydrogen-bond donors (Lipinski definition) is 2. The third-order valence-electron chi connectivity index (χ3n) is 5.06. The van der Waals surface area contributed by atoms with Crippen LogP contribution in [-0.4, -0.2) is 36.9 Å². The number of rotatable bonds is 21. The van der Waals surface area contributed by atoms with Crippen LogP contribution in [0.15, 0.2) is 0 Å². The molecule has 0 radical (unpaired) electrons. The molecule has 0 heterocycles. The molecule has 27 heavy (non-hydrogen) atoms. The van der Waals surface area contributed by atoms with E-state index in [1.165, 1.54) is 64.2 Å². The van der Waals surface area contributed by atoms with Crippen LogP contribution in [0.25, 0.3) is 0 Å². The Hall–Kier alpha value is -0.610. The third-order valence-corrected chi connectivity index (χ3v) is 5.06. The van der Waals surface area contributed by atoms with Crippen molar-refractivity contribution in [2.75, 3.05) is 19.7 Å². The summed E-state index contributed by atoms with van der Waals surface area (Å²) in [4.78, 5) is 11.8. The number of ether oxygens (including phenoxy) is 1. The summed E-state index contributed by atoms with van der Waals surface area (Å²) in [6.07, 6.45) is 19.2. The van der Waals surface area contributed by atoms with Gasteiger partial charge in [-0.15, -0.1) is 0 Å². The lowest BCUT2D eigenvalue weighted by atomic mass is 10.0. The molecule has 0 saturated heterocycles. The number of nitrogens with one attached hydrogen (secondary N) is 1. The summed E-state index contributed by atoms with van der Waals surface area (Å²) in [6.45, 7) is 6.13. The largest absolute Gasteiger partial charge is 0.463 e. The highest BCUT2D eigenvalue weighted by molar-refractivity contribution is 5.69. The topological polar surface area (TPSA) is 58.6 Å². The molecule has 1 unspecified atom stereocenters. The molecule has 4 heteroatoms. The highest BCUT2D eigenvalue weighted by Crippen LogP contribution is 2.13. The standard InChI is InChI=1S/C23H47NO3/c1-3-4-5-6-7-8-9-10-11-12-14-17-22(2)27-23(26)18-20-24-19-15-13-16-21-25/h22,24-25H,3-21H2,1-2H3. The Morgan fingerprint density at radius 3 is 1.96 bits per heavy atom. The van der Waals surface area contributed by atoms with Gasteiger partial charge in [-0.1, -0.05) is 71.1 Å². The molecule has 2 N–H and O–H groups in total. The number of unbranched alkanes of at least 4 members (excludes halogenated alkanes) is 12. The minimum Gasteiger partial charge on any atom is -0.463 e. The Bertz CT molecular complexity index is 310. The highest BCUT2D eigenvalue weighted by atomic mass is 16.5. The molecular weight excluding hydrogens is 338 g/mol. The number of hydrogen-bond acceptors (Lipinski definition) is 4. The summed E-state index contributed by atoms with van der Waals surface area (Å²) in [5.41, 5.74) is 0. The summed E-state index contributed by atoms with van der Waals surface area (Å²) in [5, 5.41) is 12.0. The van der Waals surface area contributed by atoms with Crippen LogP contribution in [0.5, 0.6) is 0 Å². The Kier molecular flexibility index (Phi) is 21.2. The van der Waals surface area contributed by atoms with E-state index in [0.29, 0.717) is 13.0 Å². The predicted octanol–water partition coefficient (Wildman–Crippen LogP) is 5.76. The molecule has 0 rings (SSSR count). The molecule has 0 aromatic carbocycles. The maximum absolute atomic E-state index is 11.8. The second-order valence-corrected chi connectivity index (χ2v) is 7.91. The molecule has 0 amide bonds. The number of carbonyl (C=O) groups is 1. The van der Waals surface area contributed by atoms with Crippen molar-refractivity contribution in [3.8, 4) is 0 Å². The van der Waals surface area contributed by atoms with Gasteiger partial charge in [-0.2, -0.15) is 0 Å². The molecular formula is C23H47NO3. The van der Waals surface area contributed by atoms with E-state index in [-0.39, 0.29) is 18.7 Å². The van der Waals surface area contributed by atoms with Gasteiger partial charge in [0.2, 0.25) is 0 Å². The van der Waals surface area contributed by atoms with E-state index in [1.54, 1.807) is 0 Å². The molecule has 0 spiro atoms. The fourth-order valence-electron chi connectivity index (χ4n) is 3.29. The van der Waals surface area contributed by atoms with Crippen LogP contribution in [-0.2, 0) is 9.53 Å². The van der Waals surface area contributed by atoms with Crippen LogP contribution < -0.4 is 5.32 Å². The van der Waals surface area contributed by atoms with Crippen LogP contribution in [0.2, 0.25) is 0 Å². The van der Waals surface area contributed by atoms with Crippen molar-refractivity contribution >= 4 is 5.97 Å². The molecule has 0 aliphatic heterocycles. The van der Waals surface area contributed by atoms with Crippen LogP contribution in [0.4, 0.5) is 0 Å². The average Bonchev–Trinajstić information content (AvgIpc) is 2.65. The average molecular weight is 386 g/mol. The molecule has 0 aliphatic carbocycles. The molecule has 0 aliphatic rings. The Morgan fingerprint density at radius 1 is 0.815 bits per heavy atom. The maximum Gasteiger partial charge on any atom is 0.307 e.